The van der Waals surface area contributed by atoms with Gasteiger partial charge in [-0.25, -0.2) is 9.18 Å². The van der Waals surface area contributed by atoms with Crippen LogP contribution in [-0.4, -0.2) is 43.6 Å². The number of thiazole rings is 1. The first-order valence-electron chi connectivity index (χ1n) is 10.6. The molecule has 1 saturated heterocycles. The SMILES string of the molecule is NC(=O)N1C(=O)C2Sc3c(sc(=O)n3CC(=O)Nc3ccc(F)cc3)[C@@H](c3ccccc3O)C2C1=O. The number of primary amides is 1. The number of hydrogen-bond acceptors (Lipinski definition) is 8. The van der Waals surface area contributed by atoms with Gasteiger partial charge in [0, 0.05) is 22.0 Å². The molecule has 2 aliphatic heterocycles. The molecule has 2 aromatic carbocycles. The zero-order valence-electron chi connectivity index (χ0n) is 18.2. The standard InChI is InChI=1S/C23H17FN4O6S2/c24-10-5-7-11(8-6-10)26-14(30)9-27-21-18(36-23(27)34)15(12-3-1-2-4-13(12)29)16-17(35-21)20(32)28(19(16)31)22(25)33/h1-8,15-17,29H,9H2,(H2,25,33)(H,26,30)/t15-,16?,17?/m0/s1. The molecule has 2 unspecified atom stereocenters. The smallest absolute Gasteiger partial charge is 0.328 e. The number of urea groups is 1. The van der Waals surface area contributed by atoms with E-state index in [1.54, 1.807) is 18.2 Å². The van der Waals surface area contributed by atoms with Crippen molar-refractivity contribution in [2.24, 2.45) is 11.7 Å². The van der Waals surface area contributed by atoms with Crippen molar-refractivity contribution in [3.63, 3.8) is 0 Å². The summed E-state index contributed by atoms with van der Waals surface area (Å²) >= 11 is 1.69. The van der Waals surface area contributed by atoms with E-state index in [2.05, 4.69) is 5.32 Å². The van der Waals surface area contributed by atoms with Crippen LogP contribution in [0.3, 0.4) is 0 Å². The monoisotopic (exact) mass is 528 g/mol. The Morgan fingerprint density at radius 2 is 1.75 bits per heavy atom. The van der Waals surface area contributed by atoms with Crippen LogP contribution in [0, 0.1) is 11.7 Å². The summed E-state index contributed by atoms with van der Waals surface area (Å²) in [5.74, 6) is -4.85. The number of nitrogens with zero attached hydrogens (tertiary/aromatic N) is 2. The lowest BCUT2D eigenvalue weighted by Crippen LogP contribution is -2.41. The zero-order valence-corrected chi connectivity index (χ0v) is 19.8. The molecule has 4 N–H and O–H groups in total. The molecule has 5 rings (SSSR count). The van der Waals surface area contributed by atoms with Crippen LogP contribution in [0.1, 0.15) is 16.4 Å². The third-order valence-corrected chi connectivity index (χ3v) is 8.57. The third kappa shape index (κ3) is 3.85. The number of thioether (sulfide) groups is 1. The number of hydrogen-bond donors (Lipinski definition) is 3. The summed E-state index contributed by atoms with van der Waals surface area (Å²) in [6.07, 6.45) is 0. The number of phenolic OH excluding ortho intramolecular Hbond substituents is 1. The molecule has 2 aliphatic rings. The molecule has 13 heteroatoms. The summed E-state index contributed by atoms with van der Waals surface area (Å²) in [4.78, 5) is 63.9. The van der Waals surface area contributed by atoms with E-state index in [0.29, 0.717) is 21.0 Å². The highest BCUT2D eigenvalue weighted by molar-refractivity contribution is 8.00. The summed E-state index contributed by atoms with van der Waals surface area (Å²) in [5.41, 5.74) is 5.91. The van der Waals surface area contributed by atoms with Crippen LogP contribution >= 0.6 is 23.1 Å². The average molecular weight is 529 g/mol. The first-order valence-corrected chi connectivity index (χ1v) is 12.3. The van der Waals surface area contributed by atoms with Crippen molar-refractivity contribution in [3.8, 4) is 5.75 Å². The molecule has 0 radical (unpaired) electrons. The van der Waals surface area contributed by atoms with Crippen molar-refractivity contribution in [1.82, 2.24) is 9.47 Å². The lowest BCUT2D eigenvalue weighted by Gasteiger charge is -2.31. The maximum absolute atomic E-state index is 13.2. The molecule has 184 valence electrons. The molecule has 10 nitrogen and oxygen atoms in total. The van der Waals surface area contributed by atoms with Gasteiger partial charge < -0.3 is 16.2 Å². The number of amides is 5. The summed E-state index contributed by atoms with van der Waals surface area (Å²) in [6, 6.07) is 10.1. The Morgan fingerprint density at radius 1 is 1.06 bits per heavy atom. The number of nitrogens with one attached hydrogen (secondary N) is 1. The second-order valence-electron chi connectivity index (χ2n) is 8.13. The summed E-state index contributed by atoms with van der Waals surface area (Å²) in [7, 11) is 0. The fraction of sp³-hybridized carbons (Fsp3) is 0.174. The van der Waals surface area contributed by atoms with Gasteiger partial charge in [0.15, 0.2) is 0 Å². The fourth-order valence-corrected chi connectivity index (χ4v) is 7.20. The summed E-state index contributed by atoms with van der Waals surface area (Å²) in [5, 5.41) is 12.3. The van der Waals surface area contributed by atoms with E-state index in [9.17, 15) is 33.5 Å². The van der Waals surface area contributed by atoms with E-state index in [0.717, 1.165) is 23.1 Å². The Labute approximate surface area is 210 Å². The van der Waals surface area contributed by atoms with Gasteiger partial charge in [0.25, 0.3) is 5.91 Å². The number of rotatable bonds is 4. The summed E-state index contributed by atoms with van der Waals surface area (Å²) < 4.78 is 14.3. The number of aromatic nitrogens is 1. The van der Waals surface area contributed by atoms with Crippen LogP contribution in [0.4, 0.5) is 14.9 Å². The number of phenols is 1. The largest absolute Gasteiger partial charge is 0.508 e. The van der Waals surface area contributed by atoms with E-state index in [1.807, 2.05) is 0 Å². The predicted octanol–water partition coefficient (Wildman–Crippen LogP) is 2.06. The Balaban J connectivity index is 1.57. The van der Waals surface area contributed by atoms with Gasteiger partial charge in [-0.15, -0.1) is 0 Å². The van der Waals surface area contributed by atoms with Crippen LogP contribution in [0.25, 0.3) is 0 Å². The number of nitrogens with two attached hydrogens (primary N) is 1. The molecule has 0 bridgehead atoms. The Morgan fingerprint density at radius 3 is 2.42 bits per heavy atom. The third-order valence-electron chi connectivity index (χ3n) is 5.97. The lowest BCUT2D eigenvalue weighted by molar-refractivity contribution is -0.135. The van der Waals surface area contributed by atoms with Crippen molar-refractivity contribution in [3.05, 3.63) is 74.5 Å². The highest BCUT2D eigenvalue weighted by Crippen LogP contribution is 2.54. The number of anilines is 1. The van der Waals surface area contributed by atoms with Crippen LogP contribution in [0.2, 0.25) is 0 Å². The molecule has 0 aliphatic carbocycles. The number of carbonyl (C=O) groups is 4. The van der Waals surface area contributed by atoms with E-state index >= 15 is 0 Å². The molecule has 3 aromatic rings. The van der Waals surface area contributed by atoms with Gasteiger partial charge in [-0.05, 0) is 30.3 Å². The number of benzene rings is 2. The molecule has 36 heavy (non-hydrogen) atoms. The van der Waals surface area contributed by atoms with Crippen LogP contribution in [0.15, 0.2) is 58.4 Å². The quantitative estimate of drug-likeness (QED) is 0.439. The van der Waals surface area contributed by atoms with E-state index < -0.39 is 58.1 Å². The zero-order chi connectivity index (χ0) is 25.7. The number of aromatic hydroxyl groups is 1. The molecule has 0 saturated carbocycles. The highest BCUT2D eigenvalue weighted by atomic mass is 32.2. The molecule has 1 fully saturated rings. The van der Waals surface area contributed by atoms with Gasteiger partial charge in [0.1, 0.15) is 23.4 Å². The predicted molar refractivity (Wildman–Crippen MR) is 128 cm³/mol. The maximum atomic E-state index is 13.2. The maximum Gasteiger partial charge on any atom is 0.328 e. The van der Waals surface area contributed by atoms with Crippen molar-refractivity contribution < 1.29 is 28.7 Å². The van der Waals surface area contributed by atoms with Gasteiger partial charge in [-0.1, -0.05) is 41.3 Å². The normalized spacial score (nSPS) is 20.7. The second-order valence-corrected chi connectivity index (χ2v) is 10.3. The first kappa shape index (κ1) is 23.8. The van der Waals surface area contributed by atoms with Gasteiger partial charge in [-0.2, -0.15) is 4.90 Å². The topological polar surface area (TPSA) is 152 Å². The fourth-order valence-electron chi connectivity index (χ4n) is 4.44. The molecular formula is C23H17FN4O6S2. The molecular weight excluding hydrogens is 511 g/mol. The van der Waals surface area contributed by atoms with Crippen molar-refractivity contribution in [1.29, 1.82) is 0 Å². The van der Waals surface area contributed by atoms with E-state index in [-0.39, 0.29) is 10.8 Å². The van der Waals surface area contributed by atoms with E-state index in [1.165, 1.54) is 34.9 Å². The lowest BCUT2D eigenvalue weighted by atomic mass is 9.82. The number of fused-ring (bicyclic) bond motifs is 2. The minimum Gasteiger partial charge on any atom is -0.508 e. The number of halogens is 1. The number of likely N-dealkylation sites (tertiary alicyclic amines) is 1. The Hall–Kier alpha value is -3.97. The second kappa shape index (κ2) is 8.91. The van der Waals surface area contributed by atoms with Crippen LogP contribution in [0.5, 0.6) is 5.75 Å². The first-order chi connectivity index (χ1) is 17.2. The van der Waals surface area contributed by atoms with Gasteiger partial charge in [0.2, 0.25) is 11.8 Å². The number of imide groups is 3. The van der Waals surface area contributed by atoms with Crippen molar-refractivity contribution in [2.75, 3.05) is 5.32 Å². The minimum atomic E-state index is -1.21. The van der Waals surface area contributed by atoms with Crippen LogP contribution in [-0.2, 0) is 20.9 Å². The molecule has 3 heterocycles. The summed E-state index contributed by atoms with van der Waals surface area (Å²) in [6.45, 7) is -0.415. The number of para-hydroxylation sites is 1. The average Bonchev–Trinajstić information content (AvgIpc) is 3.27. The van der Waals surface area contributed by atoms with Gasteiger partial charge >= 0.3 is 10.9 Å². The Bertz CT molecular complexity index is 1480. The van der Waals surface area contributed by atoms with Crippen molar-refractivity contribution in [2.45, 2.75) is 22.7 Å². The molecule has 1 aromatic heterocycles. The van der Waals surface area contributed by atoms with Gasteiger partial charge in [-0.3, -0.25) is 23.7 Å². The van der Waals surface area contributed by atoms with Gasteiger partial charge in [0.05, 0.1) is 10.9 Å². The minimum absolute atomic E-state index is 0.154. The van der Waals surface area contributed by atoms with E-state index in [4.69, 9.17) is 5.73 Å². The Kier molecular flexibility index (Phi) is 5.88. The molecule has 0 spiro atoms. The van der Waals surface area contributed by atoms with Crippen molar-refractivity contribution >= 4 is 52.5 Å². The highest BCUT2D eigenvalue weighted by Gasteiger charge is 2.58. The van der Waals surface area contributed by atoms with Crippen LogP contribution < -0.4 is 15.9 Å². The molecule has 5 amide bonds. The number of carbonyl (C=O) groups excluding carboxylic acids is 4. The molecule has 3 atom stereocenters.